The third-order valence-electron chi connectivity index (χ3n) is 6.18. The molecule has 5 rings (SSSR count). The molecule has 8 heteroatoms. The number of pyridine rings is 1. The van der Waals surface area contributed by atoms with Gasteiger partial charge in [-0.2, -0.15) is 0 Å². The molecule has 0 amide bonds. The lowest BCUT2D eigenvalue weighted by atomic mass is 10.0. The van der Waals surface area contributed by atoms with E-state index in [1.807, 2.05) is 53.2 Å². The Hall–Kier alpha value is -3.42. The number of ether oxygens (including phenoxy) is 1. The van der Waals surface area contributed by atoms with Gasteiger partial charge in [0.2, 0.25) is 0 Å². The van der Waals surface area contributed by atoms with E-state index in [-0.39, 0.29) is 19.1 Å². The summed E-state index contributed by atoms with van der Waals surface area (Å²) in [5.74, 6) is -0.00486. The van der Waals surface area contributed by atoms with E-state index in [1.54, 1.807) is 12.5 Å². The van der Waals surface area contributed by atoms with E-state index in [0.29, 0.717) is 11.6 Å². The molecule has 2 aromatic carbocycles. The number of hydrogen-bond acceptors (Lipinski definition) is 5. The molecule has 0 unspecified atom stereocenters. The molecule has 7 nitrogen and oxygen atoms in total. The second-order valence-electron chi connectivity index (χ2n) is 8.36. The van der Waals surface area contributed by atoms with Crippen LogP contribution in [0.25, 0.3) is 27.7 Å². The highest BCUT2D eigenvalue weighted by Crippen LogP contribution is 2.38. The number of aliphatic carboxylic acids is 1. The minimum atomic E-state index is -0.852. The summed E-state index contributed by atoms with van der Waals surface area (Å²) in [6.45, 7) is 1.53. The van der Waals surface area contributed by atoms with Gasteiger partial charge in [0.25, 0.3) is 0 Å². The number of benzene rings is 2. The van der Waals surface area contributed by atoms with Crippen molar-refractivity contribution in [3.8, 4) is 16.8 Å². The Kier molecular flexibility index (Phi) is 6.47. The number of aromatic nitrogens is 3. The SMILES string of the molecule is O=C(O)CCOC[C@@H]1CCCN1c1cc(-n2ccnc2)c2ccc(Cl)c(-c3ccccc3)c2n1. The van der Waals surface area contributed by atoms with Gasteiger partial charge in [-0.25, -0.2) is 9.97 Å². The molecule has 1 aliphatic rings. The number of carboxylic acid groups (broad SMARTS) is 1. The summed E-state index contributed by atoms with van der Waals surface area (Å²) in [5.41, 5.74) is 3.71. The van der Waals surface area contributed by atoms with Crippen LogP contribution < -0.4 is 4.90 Å². The molecule has 1 saturated heterocycles. The first-order valence-corrected chi connectivity index (χ1v) is 11.7. The summed E-state index contributed by atoms with van der Waals surface area (Å²) in [7, 11) is 0. The number of halogens is 1. The minimum absolute atomic E-state index is 0.00462. The second-order valence-corrected chi connectivity index (χ2v) is 8.77. The molecule has 1 fully saturated rings. The predicted octanol–water partition coefficient (Wildman–Crippen LogP) is 5.20. The number of anilines is 1. The van der Waals surface area contributed by atoms with Crippen LogP contribution in [-0.4, -0.2) is 51.4 Å². The summed E-state index contributed by atoms with van der Waals surface area (Å²) in [6.07, 6.45) is 7.46. The van der Waals surface area contributed by atoms with Gasteiger partial charge in [0, 0.05) is 36.0 Å². The van der Waals surface area contributed by atoms with Crippen LogP contribution in [-0.2, 0) is 9.53 Å². The molecule has 0 spiro atoms. The highest BCUT2D eigenvalue weighted by Gasteiger charge is 2.27. The van der Waals surface area contributed by atoms with Crippen LogP contribution in [0.3, 0.4) is 0 Å². The highest BCUT2D eigenvalue weighted by atomic mass is 35.5. The average Bonchev–Trinajstić information content (AvgIpc) is 3.54. The quantitative estimate of drug-likeness (QED) is 0.352. The smallest absolute Gasteiger partial charge is 0.305 e. The highest BCUT2D eigenvalue weighted by molar-refractivity contribution is 6.35. The molecule has 1 atom stereocenters. The number of imidazole rings is 1. The largest absolute Gasteiger partial charge is 0.481 e. The normalized spacial score (nSPS) is 15.8. The number of carbonyl (C=O) groups is 1. The Morgan fingerprint density at radius 1 is 1.21 bits per heavy atom. The first-order chi connectivity index (χ1) is 16.6. The third kappa shape index (κ3) is 4.49. The van der Waals surface area contributed by atoms with Gasteiger partial charge in [0.15, 0.2) is 0 Å². The van der Waals surface area contributed by atoms with E-state index in [9.17, 15) is 4.79 Å². The Morgan fingerprint density at radius 2 is 2.06 bits per heavy atom. The molecule has 0 saturated carbocycles. The van der Waals surface area contributed by atoms with Crippen molar-refractivity contribution in [2.45, 2.75) is 25.3 Å². The molecule has 174 valence electrons. The predicted molar refractivity (Wildman–Crippen MR) is 133 cm³/mol. The van der Waals surface area contributed by atoms with Gasteiger partial charge in [-0.05, 0) is 30.5 Å². The van der Waals surface area contributed by atoms with Gasteiger partial charge in [-0.1, -0.05) is 41.9 Å². The van der Waals surface area contributed by atoms with Crippen LogP contribution in [0.2, 0.25) is 5.02 Å². The molecular weight excluding hydrogens is 452 g/mol. The molecule has 0 bridgehead atoms. The Balaban J connectivity index is 1.60. The Morgan fingerprint density at radius 3 is 2.82 bits per heavy atom. The lowest BCUT2D eigenvalue weighted by molar-refractivity contribution is -0.138. The zero-order valence-electron chi connectivity index (χ0n) is 18.6. The van der Waals surface area contributed by atoms with Crippen LogP contribution in [0, 0.1) is 0 Å². The maximum Gasteiger partial charge on any atom is 0.305 e. The fourth-order valence-electron chi connectivity index (χ4n) is 4.57. The van der Waals surface area contributed by atoms with Gasteiger partial charge in [0.05, 0.1) is 48.2 Å². The van der Waals surface area contributed by atoms with Gasteiger partial charge < -0.3 is 19.3 Å². The lowest BCUT2D eigenvalue weighted by Gasteiger charge is -2.27. The zero-order chi connectivity index (χ0) is 23.5. The van der Waals surface area contributed by atoms with Gasteiger partial charge in [0.1, 0.15) is 5.82 Å². The summed E-state index contributed by atoms with van der Waals surface area (Å²) >= 11 is 6.73. The number of nitrogens with zero attached hydrogens (tertiary/aromatic N) is 4. The van der Waals surface area contributed by atoms with E-state index in [2.05, 4.69) is 16.0 Å². The maximum absolute atomic E-state index is 10.8. The summed E-state index contributed by atoms with van der Waals surface area (Å²) in [5, 5.41) is 10.5. The fourth-order valence-corrected chi connectivity index (χ4v) is 4.83. The van der Waals surface area contributed by atoms with E-state index in [1.165, 1.54) is 0 Å². The molecule has 1 aliphatic heterocycles. The average molecular weight is 477 g/mol. The Bertz CT molecular complexity index is 1290. The molecule has 3 heterocycles. The summed E-state index contributed by atoms with van der Waals surface area (Å²) in [6, 6.07) is 16.2. The first kappa shape index (κ1) is 22.4. The molecule has 0 aliphatic carbocycles. The molecule has 4 aromatic rings. The van der Waals surface area contributed by atoms with Crippen molar-refractivity contribution >= 4 is 34.3 Å². The van der Waals surface area contributed by atoms with Crippen molar-refractivity contribution in [2.24, 2.45) is 0 Å². The van der Waals surface area contributed by atoms with Crippen LogP contribution in [0.1, 0.15) is 19.3 Å². The number of rotatable bonds is 8. The van der Waals surface area contributed by atoms with Crippen molar-refractivity contribution in [3.05, 3.63) is 72.3 Å². The maximum atomic E-state index is 10.8. The first-order valence-electron chi connectivity index (χ1n) is 11.3. The third-order valence-corrected chi connectivity index (χ3v) is 6.50. The van der Waals surface area contributed by atoms with Crippen molar-refractivity contribution in [3.63, 3.8) is 0 Å². The molecule has 34 heavy (non-hydrogen) atoms. The monoisotopic (exact) mass is 476 g/mol. The van der Waals surface area contributed by atoms with E-state index >= 15 is 0 Å². The van der Waals surface area contributed by atoms with E-state index in [4.69, 9.17) is 26.4 Å². The fraction of sp³-hybridized carbons (Fsp3) is 0.269. The summed E-state index contributed by atoms with van der Waals surface area (Å²) in [4.78, 5) is 22.4. The number of hydrogen-bond donors (Lipinski definition) is 1. The molecule has 1 N–H and O–H groups in total. The van der Waals surface area contributed by atoms with E-state index in [0.717, 1.165) is 52.9 Å². The zero-order valence-corrected chi connectivity index (χ0v) is 19.4. The number of fused-ring (bicyclic) bond motifs is 1. The lowest BCUT2D eigenvalue weighted by Crippen LogP contribution is -2.34. The second kappa shape index (κ2) is 9.83. The van der Waals surface area contributed by atoms with Gasteiger partial charge >= 0.3 is 5.97 Å². The van der Waals surface area contributed by atoms with Crippen LogP contribution in [0.15, 0.2) is 67.3 Å². The van der Waals surface area contributed by atoms with Crippen molar-refractivity contribution in [2.75, 3.05) is 24.7 Å². The number of carboxylic acids is 1. The van der Waals surface area contributed by atoms with Crippen LogP contribution in [0.5, 0.6) is 0 Å². The van der Waals surface area contributed by atoms with Crippen molar-refractivity contribution in [1.29, 1.82) is 0 Å². The van der Waals surface area contributed by atoms with Gasteiger partial charge in [-0.15, -0.1) is 0 Å². The van der Waals surface area contributed by atoms with Gasteiger partial charge in [-0.3, -0.25) is 4.79 Å². The van der Waals surface area contributed by atoms with Crippen molar-refractivity contribution in [1.82, 2.24) is 14.5 Å². The molecular formula is C26H25ClN4O3. The topological polar surface area (TPSA) is 80.5 Å². The summed E-state index contributed by atoms with van der Waals surface area (Å²) < 4.78 is 7.69. The van der Waals surface area contributed by atoms with Crippen LogP contribution >= 0.6 is 11.6 Å². The van der Waals surface area contributed by atoms with E-state index < -0.39 is 5.97 Å². The molecule has 0 radical (unpaired) electrons. The Labute approximate surface area is 202 Å². The van der Waals surface area contributed by atoms with Crippen LogP contribution in [0.4, 0.5) is 5.82 Å². The molecule has 2 aromatic heterocycles. The minimum Gasteiger partial charge on any atom is -0.481 e. The van der Waals surface area contributed by atoms with Crippen molar-refractivity contribution < 1.29 is 14.6 Å². The standard InChI is InChI=1S/C26H25ClN4O3/c27-21-9-8-20-22(30-13-11-28-17-30)15-23(29-26(20)25(21)18-5-2-1-3-6-18)31-12-4-7-19(31)16-34-14-10-24(32)33/h1-3,5-6,8-9,11,13,15,17,19H,4,7,10,12,14,16H2,(H,32,33)/t19-/m0/s1.